The number of halogens is 2. The molecule has 1 aromatic heterocycles. The number of benzene rings is 1. The normalized spacial score (nSPS) is 10.6. The monoisotopic (exact) mass is 252 g/mol. The van der Waals surface area contributed by atoms with Gasteiger partial charge in [0, 0.05) is 12.1 Å². The lowest BCUT2D eigenvalue weighted by atomic mass is 10.1. The number of hydrogen-bond acceptors (Lipinski definition) is 2. The highest BCUT2D eigenvalue weighted by atomic mass is 19.1. The van der Waals surface area contributed by atoms with Crippen LogP contribution in [-0.2, 0) is 6.54 Å². The average molecular weight is 252 g/mol. The highest BCUT2D eigenvalue weighted by molar-refractivity contribution is 5.88. The molecule has 94 valence electrons. The molecule has 0 saturated carbocycles. The summed E-state index contributed by atoms with van der Waals surface area (Å²) in [7, 11) is 0. The summed E-state index contributed by atoms with van der Waals surface area (Å²) in [6.45, 7) is 2.05. The van der Waals surface area contributed by atoms with Crippen LogP contribution in [0.15, 0.2) is 24.4 Å². The van der Waals surface area contributed by atoms with Crippen LogP contribution in [0.3, 0.4) is 0 Å². The number of carboxylic acids is 1. The van der Waals surface area contributed by atoms with Gasteiger partial charge in [-0.05, 0) is 19.1 Å². The highest BCUT2D eigenvalue weighted by Gasteiger charge is 2.16. The smallest absolute Gasteiger partial charge is 0.335 e. The predicted octanol–water partition coefficient (Wildman–Crippen LogP) is 2.55. The fraction of sp³-hybridized carbons (Fsp3) is 0.167. The number of rotatable bonds is 3. The molecule has 2 aromatic rings. The van der Waals surface area contributed by atoms with Gasteiger partial charge in [-0.1, -0.05) is 6.07 Å². The molecule has 0 unspecified atom stereocenters. The maximum atomic E-state index is 13.8. The standard InChI is InChI=1S/C12H10F2N2O2/c1-2-16-11(14)9(6-15-16)8-4-3-7(12(17)18)5-10(8)13/h3-6H,2H2,1H3,(H,17,18). The third kappa shape index (κ3) is 1.97. The van der Waals surface area contributed by atoms with Crippen molar-refractivity contribution in [2.75, 3.05) is 0 Å². The molecule has 0 aliphatic heterocycles. The second kappa shape index (κ2) is 4.56. The summed E-state index contributed by atoms with van der Waals surface area (Å²) in [5.74, 6) is -2.66. The Morgan fingerprint density at radius 2 is 2.11 bits per heavy atom. The van der Waals surface area contributed by atoms with Crippen LogP contribution in [0.25, 0.3) is 11.1 Å². The van der Waals surface area contributed by atoms with Gasteiger partial charge in [0.1, 0.15) is 5.82 Å². The molecular weight excluding hydrogens is 242 g/mol. The van der Waals surface area contributed by atoms with E-state index in [4.69, 9.17) is 5.11 Å². The van der Waals surface area contributed by atoms with Crippen molar-refractivity contribution in [3.63, 3.8) is 0 Å². The number of aromatic carboxylic acids is 1. The molecule has 0 amide bonds. The maximum Gasteiger partial charge on any atom is 0.335 e. The van der Waals surface area contributed by atoms with E-state index in [1.807, 2.05) is 0 Å². The van der Waals surface area contributed by atoms with E-state index in [0.29, 0.717) is 6.54 Å². The van der Waals surface area contributed by atoms with Crippen LogP contribution in [-0.4, -0.2) is 20.9 Å². The minimum Gasteiger partial charge on any atom is -0.478 e. The molecule has 2 rings (SSSR count). The summed E-state index contributed by atoms with van der Waals surface area (Å²) in [5, 5.41) is 12.5. The van der Waals surface area contributed by atoms with Gasteiger partial charge in [0.15, 0.2) is 0 Å². The summed E-state index contributed by atoms with van der Waals surface area (Å²) < 4.78 is 28.6. The number of aryl methyl sites for hydroxylation is 1. The molecule has 0 fully saturated rings. The SMILES string of the molecule is CCn1ncc(-c2ccc(C(=O)O)cc2F)c1F. The van der Waals surface area contributed by atoms with E-state index in [-0.39, 0.29) is 16.7 Å². The van der Waals surface area contributed by atoms with Gasteiger partial charge in [0.2, 0.25) is 5.95 Å². The van der Waals surface area contributed by atoms with Crippen LogP contribution >= 0.6 is 0 Å². The van der Waals surface area contributed by atoms with Crippen molar-refractivity contribution in [1.29, 1.82) is 0 Å². The maximum absolute atomic E-state index is 13.8. The van der Waals surface area contributed by atoms with Crippen molar-refractivity contribution >= 4 is 5.97 Å². The van der Waals surface area contributed by atoms with Gasteiger partial charge in [-0.3, -0.25) is 0 Å². The minimum absolute atomic E-state index is 0.00259. The third-order valence-corrected chi connectivity index (χ3v) is 2.58. The fourth-order valence-electron chi connectivity index (χ4n) is 1.64. The molecule has 0 bridgehead atoms. The number of aromatic nitrogens is 2. The van der Waals surface area contributed by atoms with Gasteiger partial charge >= 0.3 is 5.97 Å². The Kier molecular flexibility index (Phi) is 3.10. The van der Waals surface area contributed by atoms with Crippen molar-refractivity contribution in [1.82, 2.24) is 9.78 Å². The Labute approximate surface area is 101 Å². The van der Waals surface area contributed by atoms with E-state index in [1.54, 1.807) is 6.92 Å². The zero-order chi connectivity index (χ0) is 13.3. The Morgan fingerprint density at radius 3 is 2.61 bits per heavy atom. The van der Waals surface area contributed by atoms with Crippen molar-refractivity contribution in [2.45, 2.75) is 13.5 Å². The van der Waals surface area contributed by atoms with Gasteiger partial charge < -0.3 is 5.11 Å². The third-order valence-electron chi connectivity index (χ3n) is 2.58. The molecule has 0 saturated heterocycles. The van der Waals surface area contributed by atoms with E-state index in [0.717, 1.165) is 10.7 Å². The molecule has 0 aliphatic carbocycles. The Hall–Kier alpha value is -2.24. The van der Waals surface area contributed by atoms with E-state index >= 15 is 0 Å². The van der Waals surface area contributed by atoms with E-state index < -0.39 is 17.7 Å². The zero-order valence-electron chi connectivity index (χ0n) is 9.52. The summed E-state index contributed by atoms with van der Waals surface area (Å²) >= 11 is 0. The second-order valence-electron chi connectivity index (χ2n) is 3.66. The fourth-order valence-corrected chi connectivity index (χ4v) is 1.64. The summed E-state index contributed by atoms with van der Waals surface area (Å²) in [4.78, 5) is 10.7. The van der Waals surface area contributed by atoms with Crippen LogP contribution in [0.5, 0.6) is 0 Å². The largest absolute Gasteiger partial charge is 0.478 e. The molecule has 18 heavy (non-hydrogen) atoms. The highest BCUT2D eigenvalue weighted by Crippen LogP contribution is 2.26. The Balaban J connectivity index is 2.51. The lowest BCUT2D eigenvalue weighted by Crippen LogP contribution is -2.00. The number of hydrogen-bond donors (Lipinski definition) is 1. The lowest BCUT2D eigenvalue weighted by Gasteiger charge is -2.02. The van der Waals surface area contributed by atoms with E-state index in [2.05, 4.69) is 5.10 Å². The molecule has 0 spiro atoms. The predicted molar refractivity (Wildman–Crippen MR) is 60.2 cm³/mol. The van der Waals surface area contributed by atoms with E-state index in [9.17, 15) is 13.6 Å². The average Bonchev–Trinajstić information content (AvgIpc) is 2.70. The topological polar surface area (TPSA) is 55.1 Å². The first-order valence-electron chi connectivity index (χ1n) is 5.29. The van der Waals surface area contributed by atoms with E-state index in [1.165, 1.54) is 18.3 Å². The summed E-state index contributed by atoms with van der Waals surface area (Å²) in [6.07, 6.45) is 1.22. The van der Waals surface area contributed by atoms with Crippen LogP contribution < -0.4 is 0 Å². The van der Waals surface area contributed by atoms with Crippen LogP contribution in [0.2, 0.25) is 0 Å². The molecule has 1 heterocycles. The lowest BCUT2D eigenvalue weighted by molar-refractivity contribution is 0.0696. The Morgan fingerprint density at radius 1 is 1.39 bits per heavy atom. The molecule has 6 heteroatoms. The quantitative estimate of drug-likeness (QED) is 0.913. The first-order chi connectivity index (χ1) is 8.54. The van der Waals surface area contributed by atoms with Crippen LogP contribution in [0, 0.1) is 11.8 Å². The first kappa shape index (κ1) is 12.2. The van der Waals surface area contributed by atoms with Crippen LogP contribution in [0.4, 0.5) is 8.78 Å². The molecule has 0 aliphatic rings. The van der Waals surface area contributed by atoms with Crippen molar-refractivity contribution < 1.29 is 18.7 Å². The van der Waals surface area contributed by atoms with Crippen LogP contribution in [0.1, 0.15) is 17.3 Å². The van der Waals surface area contributed by atoms with Gasteiger partial charge in [-0.2, -0.15) is 9.49 Å². The minimum atomic E-state index is -1.23. The zero-order valence-corrected chi connectivity index (χ0v) is 9.52. The number of carboxylic acid groups (broad SMARTS) is 1. The van der Waals surface area contributed by atoms with Crippen molar-refractivity contribution in [3.05, 3.63) is 41.7 Å². The van der Waals surface area contributed by atoms with Gasteiger partial charge in [0.05, 0.1) is 17.3 Å². The molecule has 4 nitrogen and oxygen atoms in total. The number of carbonyl (C=O) groups is 1. The second-order valence-corrected chi connectivity index (χ2v) is 3.66. The van der Waals surface area contributed by atoms with Crippen molar-refractivity contribution in [2.24, 2.45) is 0 Å². The molecule has 1 aromatic carbocycles. The molecular formula is C12H10F2N2O2. The first-order valence-corrected chi connectivity index (χ1v) is 5.29. The Bertz CT molecular complexity index is 608. The number of nitrogens with zero attached hydrogens (tertiary/aromatic N) is 2. The molecule has 0 radical (unpaired) electrons. The van der Waals surface area contributed by atoms with Crippen molar-refractivity contribution in [3.8, 4) is 11.1 Å². The van der Waals surface area contributed by atoms with Gasteiger partial charge in [0.25, 0.3) is 0 Å². The summed E-state index contributed by atoms with van der Waals surface area (Å²) in [5.41, 5.74) is -0.164. The molecule has 1 N–H and O–H groups in total. The van der Waals surface area contributed by atoms with Gasteiger partial charge in [-0.25, -0.2) is 13.9 Å². The van der Waals surface area contributed by atoms with Gasteiger partial charge in [-0.15, -0.1) is 0 Å². The molecule has 0 atom stereocenters. The summed E-state index contributed by atoms with van der Waals surface area (Å²) in [6, 6.07) is 3.32.